The van der Waals surface area contributed by atoms with Gasteiger partial charge < -0.3 is 14.6 Å². The summed E-state index contributed by atoms with van der Waals surface area (Å²) in [5.74, 6) is 0.957. The molecule has 0 spiro atoms. The number of furan rings is 1. The lowest BCUT2D eigenvalue weighted by atomic mass is 9.88. The third kappa shape index (κ3) is 4.26. The summed E-state index contributed by atoms with van der Waals surface area (Å²) >= 11 is 0. The van der Waals surface area contributed by atoms with Crippen molar-refractivity contribution in [3.63, 3.8) is 0 Å². The van der Waals surface area contributed by atoms with E-state index in [0.717, 1.165) is 49.6 Å². The topological polar surface area (TPSA) is 93.3 Å². The highest BCUT2D eigenvalue weighted by atomic mass is 16.3. The lowest BCUT2D eigenvalue weighted by molar-refractivity contribution is -0.126. The Morgan fingerprint density at radius 3 is 2.58 bits per heavy atom. The van der Waals surface area contributed by atoms with Crippen molar-refractivity contribution in [2.45, 2.75) is 57.9 Å². The predicted octanol–water partition coefficient (Wildman–Crippen LogP) is 3.84. The zero-order valence-corrected chi connectivity index (χ0v) is 19.3. The molecule has 8 nitrogen and oxygen atoms in total. The number of aryl methyl sites for hydroxylation is 2. The van der Waals surface area contributed by atoms with Crippen molar-refractivity contribution in [1.82, 2.24) is 25.0 Å². The Labute approximate surface area is 193 Å². The molecule has 1 aliphatic carbocycles. The van der Waals surface area contributed by atoms with Crippen molar-refractivity contribution in [3.05, 3.63) is 35.7 Å². The van der Waals surface area contributed by atoms with Gasteiger partial charge in [0.1, 0.15) is 5.69 Å². The van der Waals surface area contributed by atoms with E-state index in [0.29, 0.717) is 35.8 Å². The number of aromatic nitrogens is 3. The largest absolute Gasteiger partial charge is 0.463 e. The second-order valence-electron chi connectivity index (χ2n) is 9.35. The van der Waals surface area contributed by atoms with E-state index < -0.39 is 0 Å². The minimum atomic E-state index is -0.0247. The summed E-state index contributed by atoms with van der Waals surface area (Å²) in [6.45, 7) is 3.14. The van der Waals surface area contributed by atoms with Crippen LogP contribution in [0.3, 0.4) is 0 Å². The molecule has 0 radical (unpaired) electrons. The van der Waals surface area contributed by atoms with Gasteiger partial charge >= 0.3 is 0 Å². The average Bonchev–Trinajstić information content (AvgIpc) is 3.48. The molecule has 33 heavy (non-hydrogen) atoms. The van der Waals surface area contributed by atoms with Gasteiger partial charge in [-0.1, -0.05) is 19.3 Å². The zero-order chi connectivity index (χ0) is 22.9. The molecule has 0 aromatic carbocycles. The van der Waals surface area contributed by atoms with Crippen molar-refractivity contribution < 1.29 is 14.0 Å². The Bertz CT molecular complexity index is 1150. The Morgan fingerprint density at radius 1 is 1.12 bits per heavy atom. The van der Waals surface area contributed by atoms with Crippen molar-refractivity contribution in [2.75, 3.05) is 13.1 Å². The van der Waals surface area contributed by atoms with E-state index in [9.17, 15) is 9.59 Å². The number of hydrogen-bond donors (Lipinski definition) is 1. The van der Waals surface area contributed by atoms with Crippen LogP contribution >= 0.6 is 0 Å². The fraction of sp³-hybridized carbons (Fsp3) is 0.520. The third-order valence-electron chi connectivity index (χ3n) is 7.08. The zero-order valence-electron chi connectivity index (χ0n) is 19.3. The number of hydrogen-bond acceptors (Lipinski definition) is 5. The molecule has 5 rings (SSSR count). The summed E-state index contributed by atoms with van der Waals surface area (Å²) in [7, 11) is 1.84. The van der Waals surface area contributed by atoms with Gasteiger partial charge in [0.2, 0.25) is 5.91 Å². The van der Waals surface area contributed by atoms with Gasteiger partial charge in [-0.15, -0.1) is 0 Å². The van der Waals surface area contributed by atoms with Crippen LogP contribution in [0.15, 0.2) is 28.9 Å². The Hall–Kier alpha value is -3.16. The van der Waals surface area contributed by atoms with Crippen molar-refractivity contribution in [2.24, 2.45) is 13.0 Å². The molecule has 2 aliphatic rings. The van der Waals surface area contributed by atoms with Crippen LogP contribution in [0.25, 0.3) is 22.5 Å². The van der Waals surface area contributed by atoms with Crippen LogP contribution in [0.4, 0.5) is 0 Å². The molecular weight excluding hydrogens is 418 g/mol. The van der Waals surface area contributed by atoms with E-state index >= 15 is 0 Å². The van der Waals surface area contributed by atoms with Crippen LogP contribution in [-0.4, -0.2) is 50.6 Å². The number of nitrogens with one attached hydrogen (secondary N) is 1. The minimum Gasteiger partial charge on any atom is -0.463 e. The fourth-order valence-electron chi connectivity index (χ4n) is 5.25. The molecule has 0 unspecified atom stereocenters. The first-order valence-corrected chi connectivity index (χ1v) is 12.0. The summed E-state index contributed by atoms with van der Waals surface area (Å²) < 4.78 is 7.25. The lowest BCUT2D eigenvalue weighted by Crippen LogP contribution is -2.48. The number of rotatable bonds is 4. The first-order valence-electron chi connectivity index (χ1n) is 12.0. The van der Waals surface area contributed by atoms with Crippen LogP contribution in [0.5, 0.6) is 0 Å². The lowest BCUT2D eigenvalue weighted by Gasteiger charge is -2.33. The Morgan fingerprint density at radius 2 is 1.88 bits per heavy atom. The highest BCUT2D eigenvalue weighted by Crippen LogP contribution is 2.29. The highest BCUT2D eigenvalue weighted by molar-refractivity contribution is 6.07. The van der Waals surface area contributed by atoms with E-state index in [2.05, 4.69) is 10.4 Å². The number of fused-ring (bicyclic) bond motifs is 1. The van der Waals surface area contributed by atoms with Gasteiger partial charge in [-0.2, -0.15) is 5.10 Å². The monoisotopic (exact) mass is 449 g/mol. The number of pyridine rings is 1. The number of likely N-dealkylation sites (tertiary alicyclic amines) is 1. The molecule has 0 bridgehead atoms. The molecule has 1 saturated carbocycles. The normalized spacial score (nSPS) is 18.1. The number of piperidine rings is 1. The third-order valence-corrected chi connectivity index (χ3v) is 7.08. The smallest absolute Gasteiger partial charge is 0.254 e. The summed E-state index contributed by atoms with van der Waals surface area (Å²) in [6, 6.07) is 5.60. The van der Waals surface area contributed by atoms with Crippen LogP contribution in [-0.2, 0) is 11.8 Å². The minimum absolute atomic E-state index is 0.0247. The second-order valence-corrected chi connectivity index (χ2v) is 9.35. The van der Waals surface area contributed by atoms with E-state index in [1.54, 1.807) is 10.9 Å². The standard InChI is InChI=1S/C25H31N5O3/c1-16-22-19(15-20(21-9-6-14-33-21)27-23(22)29(2)28-16)25(32)30-12-10-18(11-13-30)26-24(31)17-7-4-3-5-8-17/h6,9,14-15,17-18H,3-5,7-8,10-13H2,1-2H3,(H,26,31). The molecule has 0 atom stereocenters. The van der Waals surface area contributed by atoms with Crippen molar-refractivity contribution in [1.29, 1.82) is 0 Å². The first-order chi connectivity index (χ1) is 16.0. The van der Waals surface area contributed by atoms with Crippen LogP contribution in [0.1, 0.15) is 61.0 Å². The summed E-state index contributed by atoms with van der Waals surface area (Å²) in [6.07, 6.45) is 8.70. The van der Waals surface area contributed by atoms with Crippen LogP contribution in [0, 0.1) is 12.8 Å². The van der Waals surface area contributed by atoms with Gasteiger partial charge in [0.25, 0.3) is 5.91 Å². The molecule has 2 amide bonds. The van der Waals surface area contributed by atoms with Gasteiger partial charge in [-0.25, -0.2) is 4.98 Å². The van der Waals surface area contributed by atoms with E-state index in [-0.39, 0.29) is 23.8 Å². The number of amides is 2. The van der Waals surface area contributed by atoms with Crippen molar-refractivity contribution in [3.8, 4) is 11.5 Å². The molecule has 3 aromatic rings. The number of carbonyl (C=O) groups excluding carboxylic acids is 2. The molecule has 174 valence electrons. The molecular formula is C25H31N5O3. The summed E-state index contributed by atoms with van der Waals surface area (Å²) in [4.78, 5) is 32.8. The maximum absolute atomic E-state index is 13.6. The first kappa shape index (κ1) is 21.7. The van der Waals surface area contributed by atoms with Crippen LogP contribution < -0.4 is 5.32 Å². The van der Waals surface area contributed by atoms with Gasteiger partial charge in [0, 0.05) is 32.1 Å². The quantitative estimate of drug-likeness (QED) is 0.653. The van der Waals surface area contributed by atoms with E-state index in [4.69, 9.17) is 9.40 Å². The van der Waals surface area contributed by atoms with Gasteiger partial charge in [0.05, 0.1) is 22.9 Å². The molecule has 2 fully saturated rings. The maximum atomic E-state index is 13.6. The van der Waals surface area contributed by atoms with E-state index in [1.807, 2.05) is 37.1 Å². The SMILES string of the molecule is Cc1nn(C)c2nc(-c3ccco3)cc(C(=O)N3CCC(NC(=O)C4CCCCC4)CC3)c12. The number of carbonyl (C=O) groups is 2. The van der Waals surface area contributed by atoms with Gasteiger partial charge in [-0.3, -0.25) is 14.3 Å². The Kier molecular flexibility index (Phi) is 5.91. The maximum Gasteiger partial charge on any atom is 0.254 e. The highest BCUT2D eigenvalue weighted by Gasteiger charge is 2.29. The Balaban J connectivity index is 1.33. The molecule has 1 aliphatic heterocycles. The summed E-state index contributed by atoms with van der Waals surface area (Å²) in [5.41, 5.74) is 2.67. The molecule has 8 heteroatoms. The average molecular weight is 450 g/mol. The van der Waals surface area contributed by atoms with Crippen molar-refractivity contribution >= 4 is 22.8 Å². The fourth-order valence-corrected chi connectivity index (χ4v) is 5.25. The molecule has 1 saturated heterocycles. The molecule has 3 aromatic heterocycles. The van der Waals surface area contributed by atoms with Crippen LogP contribution in [0.2, 0.25) is 0 Å². The van der Waals surface area contributed by atoms with Gasteiger partial charge in [-0.05, 0) is 50.8 Å². The predicted molar refractivity (Wildman–Crippen MR) is 125 cm³/mol. The molecule has 4 heterocycles. The second kappa shape index (κ2) is 9.00. The molecule has 1 N–H and O–H groups in total. The summed E-state index contributed by atoms with van der Waals surface area (Å²) in [5, 5.41) is 8.52. The van der Waals surface area contributed by atoms with Gasteiger partial charge in [0.15, 0.2) is 11.4 Å². The van der Waals surface area contributed by atoms with E-state index in [1.165, 1.54) is 6.42 Å². The number of nitrogens with zero attached hydrogens (tertiary/aromatic N) is 4.